The van der Waals surface area contributed by atoms with Crippen molar-refractivity contribution in [2.75, 3.05) is 5.32 Å². The van der Waals surface area contributed by atoms with E-state index in [0.29, 0.717) is 5.69 Å². The number of halogens is 2. The molecule has 0 aliphatic carbocycles. The average molecular weight is 415 g/mol. The Hall–Kier alpha value is -2.16. The van der Waals surface area contributed by atoms with E-state index in [-0.39, 0.29) is 21.7 Å². The first kappa shape index (κ1) is 21.1. The number of hydrogen-bond acceptors (Lipinski definition) is 4. The zero-order valence-electron chi connectivity index (χ0n) is 15.0. The summed E-state index contributed by atoms with van der Waals surface area (Å²) in [7, 11) is -3.60. The van der Waals surface area contributed by atoms with Gasteiger partial charge in [-0.3, -0.25) is 4.79 Å². The van der Waals surface area contributed by atoms with Crippen molar-refractivity contribution in [3.63, 3.8) is 0 Å². The van der Waals surface area contributed by atoms with Crippen molar-refractivity contribution in [1.82, 2.24) is 4.72 Å². The molecular weight excluding hydrogens is 395 g/mol. The third-order valence-electron chi connectivity index (χ3n) is 3.39. The number of carbonyl (C=O) groups is 1. The van der Waals surface area contributed by atoms with Crippen LogP contribution < -0.4 is 14.8 Å². The highest BCUT2D eigenvalue weighted by Gasteiger charge is 2.18. The van der Waals surface area contributed by atoms with E-state index >= 15 is 0 Å². The average Bonchev–Trinajstić information content (AvgIpc) is 2.56. The summed E-state index contributed by atoms with van der Waals surface area (Å²) in [5.41, 5.74) is 0.407. The molecule has 0 bridgehead atoms. The van der Waals surface area contributed by atoms with Crippen LogP contribution >= 0.6 is 11.6 Å². The van der Waals surface area contributed by atoms with Gasteiger partial charge < -0.3 is 10.1 Å². The lowest BCUT2D eigenvalue weighted by Gasteiger charge is -2.16. The van der Waals surface area contributed by atoms with Gasteiger partial charge in [-0.1, -0.05) is 11.6 Å². The van der Waals surface area contributed by atoms with Crippen LogP contribution in [0, 0.1) is 5.82 Å². The fraction of sp³-hybridized carbons (Fsp3) is 0.278. The monoisotopic (exact) mass is 414 g/mol. The molecule has 9 heteroatoms. The summed E-state index contributed by atoms with van der Waals surface area (Å²) in [5.74, 6) is -0.792. The lowest BCUT2D eigenvalue weighted by Crippen LogP contribution is -2.31. The second-order valence-corrected chi connectivity index (χ2v) is 8.25. The van der Waals surface area contributed by atoms with E-state index in [9.17, 15) is 17.6 Å². The molecule has 2 rings (SSSR count). The molecule has 1 unspecified atom stereocenters. The van der Waals surface area contributed by atoms with Crippen LogP contribution in [-0.2, 0) is 14.8 Å². The van der Waals surface area contributed by atoms with Crippen molar-refractivity contribution in [1.29, 1.82) is 0 Å². The highest BCUT2D eigenvalue weighted by Crippen LogP contribution is 2.26. The number of sulfonamides is 1. The van der Waals surface area contributed by atoms with Crippen molar-refractivity contribution in [3.05, 3.63) is 53.3 Å². The molecule has 0 heterocycles. The molecule has 0 saturated heterocycles. The summed E-state index contributed by atoms with van der Waals surface area (Å²) in [5, 5.41) is 2.67. The Morgan fingerprint density at radius 3 is 2.30 bits per heavy atom. The van der Waals surface area contributed by atoms with Gasteiger partial charge in [0.05, 0.1) is 9.92 Å². The fourth-order valence-corrected chi connectivity index (χ4v) is 3.62. The number of amides is 1. The Morgan fingerprint density at radius 1 is 1.11 bits per heavy atom. The van der Waals surface area contributed by atoms with Gasteiger partial charge in [-0.25, -0.2) is 17.5 Å². The summed E-state index contributed by atoms with van der Waals surface area (Å²) in [6.45, 7) is 4.96. The van der Waals surface area contributed by atoms with Gasteiger partial charge in [-0.15, -0.1) is 0 Å². The first-order valence-corrected chi connectivity index (χ1v) is 9.99. The third kappa shape index (κ3) is 5.92. The van der Waals surface area contributed by atoms with Crippen molar-refractivity contribution >= 4 is 33.2 Å². The van der Waals surface area contributed by atoms with Gasteiger partial charge in [0.15, 0.2) is 6.10 Å². The zero-order chi connectivity index (χ0) is 20.2. The maximum atomic E-state index is 13.1. The standard InChI is InChI=1S/C18H20ClFN2O4S/c1-11(2)22-27(24,25)15-7-5-14(6-8-15)21-18(23)12(3)26-17-9-4-13(20)10-16(17)19/h4-12,22H,1-3H3,(H,21,23). The number of hydrogen-bond donors (Lipinski definition) is 2. The molecular formula is C18H20ClFN2O4S. The van der Waals surface area contributed by atoms with Crippen molar-refractivity contribution in [2.24, 2.45) is 0 Å². The second kappa shape index (κ2) is 8.69. The lowest BCUT2D eigenvalue weighted by molar-refractivity contribution is -0.122. The van der Waals surface area contributed by atoms with Crippen molar-refractivity contribution < 1.29 is 22.3 Å². The quantitative estimate of drug-likeness (QED) is 0.725. The molecule has 0 spiro atoms. The van der Waals surface area contributed by atoms with E-state index in [1.807, 2.05) is 0 Å². The van der Waals surface area contributed by atoms with Gasteiger partial charge in [0.25, 0.3) is 5.91 Å². The minimum Gasteiger partial charge on any atom is -0.479 e. The summed E-state index contributed by atoms with van der Waals surface area (Å²) < 4.78 is 45.1. The molecule has 0 fully saturated rings. The number of carbonyl (C=O) groups excluding carboxylic acids is 1. The topological polar surface area (TPSA) is 84.5 Å². The first-order chi connectivity index (χ1) is 12.6. The predicted octanol–water partition coefficient (Wildman–Crippen LogP) is 3.57. The number of ether oxygens (including phenoxy) is 1. The van der Waals surface area contributed by atoms with Crippen LogP contribution in [0.1, 0.15) is 20.8 Å². The van der Waals surface area contributed by atoms with Crippen LogP contribution in [-0.4, -0.2) is 26.5 Å². The highest BCUT2D eigenvalue weighted by atomic mass is 35.5. The number of rotatable bonds is 7. The van der Waals surface area contributed by atoms with E-state index in [0.717, 1.165) is 6.07 Å². The first-order valence-electron chi connectivity index (χ1n) is 8.13. The Morgan fingerprint density at radius 2 is 1.74 bits per heavy atom. The van der Waals surface area contributed by atoms with Gasteiger partial charge in [0.1, 0.15) is 11.6 Å². The second-order valence-electron chi connectivity index (χ2n) is 6.12. The molecule has 0 aliphatic heterocycles. The number of anilines is 1. The minimum absolute atomic E-state index is 0.0573. The van der Waals surface area contributed by atoms with Gasteiger partial charge >= 0.3 is 0 Å². The molecule has 1 amide bonds. The van der Waals surface area contributed by atoms with E-state index in [1.165, 1.54) is 43.3 Å². The van der Waals surface area contributed by atoms with Crippen LogP contribution in [0.5, 0.6) is 5.75 Å². The molecule has 1 atom stereocenters. The Kier molecular flexibility index (Phi) is 6.80. The number of benzene rings is 2. The normalized spacial score (nSPS) is 12.7. The van der Waals surface area contributed by atoms with E-state index in [2.05, 4.69) is 10.0 Å². The van der Waals surface area contributed by atoms with Crippen LogP contribution in [0.2, 0.25) is 5.02 Å². The summed E-state index contributed by atoms with van der Waals surface area (Å²) in [4.78, 5) is 12.3. The van der Waals surface area contributed by atoms with Crippen LogP contribution in [0.15, 0.2) is 47.4 Å². The Balaban J connectivity index is 2.02. The molecule has 0 saturated carbocycles. The maximum absolute atomic E-state index is 13.1. The molecule has 6 nitrogen and oxygen atoms in total. The SMILES string of the molecule is CC(C)NS(=O)(=O)c1ccc(NC(=O)C(C)Oc2ccc(F)cc2Cl)cc1. The minimum atomic E-state index is -3.60. The lowest BCUT2D eigenvalue weighted by atomic mass is 10.3. The van der Waals surface area contributed by atoms with Crippen LogP contribution in [0.4, 0.5) is 10.1 Å². The van der Waals surface area contributed by atoms with Crippen LogP contribution in [0.3, 0.4) is 0 Å². The molecule has 2 aromatic carbocycles. The molecule has 2 aromatic rings. The predicted molar refractivity (Wildman–Crippen MR) is 102 cm³/mol. The molecule has 27 heavy (non-hydrogen) atoms. The summed E-state index contributed by atoms with van der Waals surface area (Å²) >= 11 is 5.87. The highest BCUT2D eigenvalue weighted by molar-refractivity contribution is 7.89. The van der Waals surface area contributed by atoms with Gasteiger partial charge in [-0.2, -0.15) is 0 Å². The number of nitrogens with one attached hydrogen (secondary N) is 2. The van der Waals surface area contributed by atoms with E-state index in [1.54, 1.807) is 13.8 Å². The van der Waals surface area contributed by atoms with Crippen molar-refractivity contribution in [3.8, 4) is 5.75 Å². The van der Waals surface area contributed by atoms with Crippen molar-refractivity contribution in [2.45, 2.75) is 37.8 Å². The summed E-state index contributed by atoms with van der Waals surface area (Å²) in [6, 6.07) is 9.11. The fourth-order valence-electron chi connectivity index (χ4n) is 2.15. The Bertz CT molecular complexity index is 917. The molecule has 0 aromatic heterocycles. The van der Waals surface area contributed by atoms with E-state index < -0.39 is 27.9 Å². The van der Waals surface area contributed by atoms with Gasteiger partial charge in [-0.05, 0) is 63.2 Å². The van der Waals surface area contributed by atoms with Gasteiger partial charge in [0.2, 0.25) is 10.0 Å². The third-order valence-corrected chi connectivity index (χ3v) is 5.36. The maximum Gasteiger partial charge on any atom is 0.265 e. The van der Waals surface area contributed by atoms with Crippen LogP contribution in [0.25, 0.3) is 0 Å². The Labute approximate surface area is 162 Å². The smallest absolute Gasteiger partial charge is 0.265 e. The summed E-state index contributed by atoms with van der Waals surface area (Å²) in [6.07, 6.45) is -0.904. The molecule has 146 valence electrons. The largest absolute Gasteiger partial charge is 0.479 e. The molecule has 2 N–H and O–H groups in total. The molecule has 0 radical (unpaired) electrons. The van der Waals surface area contributed by atoms with E-state index in [4.69, 9.17) is 16.3 Å². The zero-order valence-corrected chi connectivity index (χ0v) is 16.6. The van der Waals surface area contributed by atoms with Gasteiger partial charge in [0, 0.05) is 11.7 Å². The molecule has 0 aliphatic rings.